The van der Waals surface area contributed by atoms with Gasteiger partial charge in [-0.2, -0.15) is 11.8 Å². The van der Waals surface area contributed by atoms with Crippen LogP contribution in [0.3, 0.4) is 0 Å². The van der Waals surface area contributed by atoms with Crippen molar-refractivity contribution in [3.05, 3.63) is 0 Å². The van der Waals surface area contributed by atoms with E-state index in [0.717, 1.165) is 24.9 Å². The molecule has 4 nitrogen and oxygen atoms in total. The molecule has 1 fully saturated rings. The minimum absolute atomic E-state index is 0.0741. The minimum atomic E-state index is -0.0741. The molecular weight excluding hydrogens is 198 g/mol. The van der Waals surface area contributed by atoms with Crippen molar-refractivity contribution in [1.82, 2.24) is 10.3 Å². The van der Waals surface area contributed by atoms with Crippen LogP contribution >= 0.6 is 11.8 Å². The molecule has 0 aromatic heterocycles. The highest BCUT2D eigenvalue weighted by molar-refractivity contribution is 7.99. The van der Waals surface area contributed by atoms with Gasteiger partial charge in [-0.3, -0.25) is 10.2 Å². The Morgan fingerprint density at radius 3 is 3.14 bits per heavy atom. The summed E-state index contributed by atoms with van der Waals surface area (Å²) in [5.41, 5.74) is 2.16. The fourth-order valence-electron chi connectivity index (χ4n) is 1.50. The van der Waals surface area contributed by atoms with Crippen LogP contribution in [0.4, 0.5) is 0 Å². The Balaban J connectivity index is 2.20. The highest BCUT2D eigenvalue weighted by Crippen LogP contribution is 2.18. The number of hydrogen-bond donors (Lipinski definition) is 2. The van der Waals surface area contributed by atoms with E-state index in [2.05, 4.69) is 17.2 Å². The number of nitrogens with two attached hydrogens (primary N) is 1. The summed E-state index contributed by atoms with van der Waals surface area (Å²) >= 11 is 2.02. The van der Waals surface area contributed by atoms with E-state index in [9.17, 15) is 4.79 Å². The van der Waals surface area contributed by atoms with Crippen LogP contribution in [0.2, 0.25) is 0 Å². The highest BCUT2D eigenvalue weighted by Gasteiger charge is 2.14. The van der Waals surface area contributed by atoms with Crippen LogP contribution in [0.25, 0.3) is 0 Å². The SMILES string of the molecule is CC1CCN(CCC(=O)NN)CCS1. The molecule has 0 aliphatic carbocycles. The van der Waals surface area contributed by atoms with Crippen molar-refractivity contribution >= 4 is 17.7 Å². The molecule has 1 unspecified atom stereocenters. The third-order valence-electron chi connectivity index (χ3n) is 2.48. The van der Waals surface area contributed by atoms with E-state index in [4.69, 9.17) is 5.84 Å². The van der Waals surface area contributed by atoms with Crippen LogP contribution in [0, 0.1) is 0 Å². The second-order valence-electron chi connectivity index (χ2n) is 3.63. The maximum Gasteiger partial charge on any atom is 0.235 e. The predicted octanol–water partition coefficient (Wildman–Crippen LogP) is 0.194. The van der Waals surface area contributed by atoms with Crippen molar-refractivity contribution in [2.45, 2.75) is 25.0 Å². The van der Waals surface area contributed by atoms with Gasteiger partial charge in [0.2, 0.25) is 5.91 Å². The topological polar surface area (TPSA) is 58.4 Å². The lowest BCUT2D eigenvalue weighted by atomic mass is 10.3. The van der Waals surface area contributed by atoms with Gasteiger partial charge in [-0.15, -0.1) is 0 Å². The zero-order chi connectivity index (χ0) is 10.4. The number of nitrogens with one attached hydrogen (secondary N) is 1. The molecule has 0 aromatic rings. The van der Waals surface area contributed by atoms with Gasteiger partial charge in [0, 0.05) is 30.5 Å². The third-order valence-corrected chi connectivity index (χ3v) is 3.70. The average Bonchev–Trinajstić information content (AvgIpc) is 2.39. The minimum Gasteiger partial charge on any atom is -0.302 e. The molecule has 0 radical (unpaired) electrons. The molecule has 1 amide bonds. The third kappa shape index (κ3) is 4.30. The van der Waals surface area contributed by atoms with Crippen LogP contribution < -0.4 is 11.3 Å². The Morgan fingerprint density at radius 1 is 1.64 bits per heavy atom. The molecular formula is C9H19N3OS. The Hall–Kier alpha value is -0.260. The van der Waals surface area contributed by atoms with E-state index in [1.54, 1.807) is 0 Å². The lowest BCUT2D eigenvalue weighted by molar-refractivity contribution is -0.121. The summed E-state index contributed by atoms with van der Waals surface area (Å²) in [7, 11) is 0. The number of amides is 1. The molecule has 1 atom stereocenters. The standard InChI is InChI=1S/C9H19N3OS/c1-8-2-4-12(6-7-14-8)5-3-9(13)11-10/h8H,2-7,10H2,1H3,(H,11,13). The normalized spacial score (nSPS) is 24.3. The fourth-order valence-corrected chi connectivity index (χ4v) is 2.54. The summed E-state index contributed by atoms with van der Waals surface area (Å²) in [6, 6.07) is 0. The predicted molar refractivity (Wildman–Crippen MR) is 59.9 cm³/mol. The molecule has 1 aliphatic rings. The summed E-state index contributed by atoms with van der Waals surface area (Å²) in [5.74, 6) is 6.12. The maximum absolute atomic E-state index is 10.9. The number of rotatable bonds is 3. The fraction of sp³-hybridized carbons (Fsp3) is 0.889. The van der Waals surface area contributed by atoms with Crippen LogP contribution in [0.5, 0.6) is 0 Å². The van der Waals surface area contributed by atoms with Gasteiger partial charge >= 0.3 is 0 Å². The van der Waals surface area contributed by atoms with E-state index in [0.29, 0.717) is 6.42 Å². The van der Waals surface area contributed by atoms with Gasteiger partial charge in [-0.1, -0.05) is 6.92 Å². The Morgan fingerprint density at radius 2 is 2.43 bits per heavy atom. The molecule has 1 rings (SSSR count). The average molecular weight is 217 g/mol. The summed E-state index contributed by atoms with van der Waals surface area (Å²) < 4.78 is 0. The van der Waals surface area contributed by atoms with Crippen LogP contribution in [-0.2, 0) is 4.79 Å². The molecule has 14 heavy (non-hydrogen) atoms. The number of nitrogens with zero attached hydrogens (tertiary/aromatic N) is 1. The van der Waals surface area contributed by atoms with Crippen molar-refractivity contribution in [2.24, 2.45) is 5.84 Å². The lowest BCUT2D eigenvalue weighted by Gasteiger charge is -2.18. The first-order valence-corrected chi connectivity index (χ1v) is 6.10. The van der Waals surface area contributed by atoms with Crippen molar-refractivity contribution in [2.75, 3.05) is 25.4 Å². The van der Waals surface area contributed by atoms with Crippen LogP contribution in [-0.4, -0.2) is 41.4 Å². The van der Waals surface area contributed by atoms with Gasteiger partial charge in [0.15, 0.2) is 0 Å². The Labute approximate surface area is 89.6 Å². The molecule has 1 heterocycles. The Kier molecular flexibility index (Phi) is 5.29. The molecule has 3 N–H and O–H groups in total. The number of hydrogen-bond acceptors (Lipinski definition) is 4. The van der Waals surface area contributed by atoms with E-state index >= 15 is 0 Å². The van der Waals surface area contributed by atoms with Crippen LogP contribution in [0.15, 0.2) is 0 Å². The summed E-state index contributed by atoms with van der Waals surface area (Å²) in [6.07, 6.45) is 1.73. The molecule has 0 spiro atoms. The number of carbonyl (C=O) groups is 1. The van der Waals surface area contributed by atoms with E-state index in [1.165, 1.54) is 12.2 Å². The first-order valence-electron chi connectivity index (χ1n) is 5.06. The highest BCUT2D eigenvalue weighted by atomic mass is 32.2. The van der Waals surface area contributed by atoms with Gasteiger partial charge in [0.25, 0.3) is 0 Å². The van der Waals surface area contributed by atoms with Gasteiger partial charge in [-0.05, 0) is 13.0 Å². The molecule has 5 heteroatoms. The first-order chi connectivity index (χ1) is 6.72. The largest absolute Gasteiger partial charge is 0.302 e. The summed E-state index contributed by atoms with van der Waals surface area (Å²) in [5, 5.41) is 0.753. The summed E-state index contributed by atoms with van der Waals surface area (Å²) in [6.45, 7) is 5.29. The second-order valence-corrected chi connectivity index (χ2v) is 5.18. The molecule has 82 valence electrons. The maximum atomic E-state index is 10.9. The molecule has 0 aromatic carbocycles. The Bertz CT molecular complexity index is 189. The second kappa shape index (κ2) is 6.27. The zero-order valence-electron chi connectivity index (χ0n) is 8.66. The van der Waals surface area contributed by atoms with Crippen molar-refractivity contribution < 1.29 is 4.79 Å². The lowest BCUT2D eigenvalue weighted by Crippen LogP contribution is -2.35. The van der Waals surface area contributed by atoms with Crippen LogP contribution in [0.1, 0.15) is 19.8 Å². The van der Waals surface area contributed by atoms with Gasteiger partial charge in [0.05, 0.1) is 0 Å². The summed E-state index contributed by atoms with van der Waals surface area (Å²) in [4.78, 5) is 13.3. The molecule has 1 aliphatic heterocycles. The molecule has 1 saturated heterocycles. The monoisotopic (exact) mass is 217 g/mol. The van der Waals surface area contributed by atoms with E-state index in [-0.39, 0.29) is 5.91 Å². The van der Waals surface area contributed by atoms with Crippen molar-refractivity contribution in [3.8, 4) is 0 Å². The van der Waals surface area contributed by atoms with E-state index in [1.807, 2.05) is 11.8 Å². The first kappa shape index (κ1) is 11.8. The number of hydrazine groups is 1. The van der Waals surface area contributed by atoms with Gasteiger partial charge in [-0.25, -0.2) is 5.84 Å². The number of thioether (sulfide) groups is 1. The van der Waals surface area contributed by atoms with Gasteiger partial charge in [0.1, 0.15) is 0 Å². The smallest absolute Gasteiger partial charge is 0.235 e. The zero-order valence-corrected chi connectivity index (χ0v) is 9.48. The molecule has 0 bridgehead atoms. The van der Waals surface area contributed by atoms with Gasteiger partial charge < -0.3 is 4.90 Å². The van der Waals surface area contributed by atoms with Crippen molar-refractivity contribution in [1.29, 1.82) is 0 Å². The van der Waals surface area contributed by atoms with Crippen molar-refractivity contribution in [3.63, 3.8) is 0 Å². The molecule has 0 saturated carbocycles. The quantitative estimate of drug-likeness (QED) is 0.403. The number of carbonyl (C=O) groups excluding carboxylic acids is 1. The van der Waals surface area contributed by atoms with E-state index < -0.39 is 0 Å².